The van der Waals surface area contributed by atoms with Gasteiger partial charge in [0, 0.05) is 25.5 Å². The van der Waals surface area contributed by atoms with E-state index in [9.17, 15) is 14.7 Å². The maximum absolute atomic E-state index is 11.9. The Balaban J connectivity index is 2.02. The lowest BCUT2D eigenvalue weighted by molar-refractivity contribution is -0.145. The molecule has 1 amide bonds. The number of rotatable bonds is 5. The van der Waals surface area contributed by atoms with Crippen molar-refractivity contribution in [2.24, 2.45) is 0 Å². The fraction of sp³-hybridized carbons (Fsp3) is 0.562. The van der Waals surface area contributed by atoms with Gasteiger partial charge in [-0.15, -0.1) is 0 Å². The molecule has 1 aromatic rings. The Morgan fingerprint density at radius 3 is 2.50 bits per heavy atom. The van der Waals surface area contributed by atoms with Crippen molar-refractivity contribution >= 4 is 12.1 Å². The molecule has 2 heterocycles. The highest BCUT2D eigenvalue weighted by Crippen LogP contribution is 2.35. The van der Waals surface area contributed by atoms with Gasteiger partial charge in [-0.3, -0.25) is 9.78 Å². The third-order valence-corrected chi connectivity index (χ3v) is 4.24. The van der Waals surface area contributed by atoms with Gasteiger partial charge in [0.1, 0.15) is 0 Å². The van der Waals surface area contributed by atoms with E-state index in [-0.39, 0.29) is 6.09 Å². The lowest BCUT2D eigenvalue weighted by atomic mass is 9.73. The molecule has 0 radical (unpaired) electrons. The van der Waals surface area contributed by atoms with E-state index >= 15 is 0 Å². The SMILES string of the molecule is CCCCOC(=O)N1CCC(C(=O)O)(c2ccncc2)CC1. The van der Waals surface area contributed by atoms with Gasteiger partial charge in [-0.05, 0) is 37.0 Å². The number of carbonyl (C=O) groups excluding carboxylic acids is 1. The first-order valence-electron chi connectivity index (χ1n) is 7.66. The average molecular weight is 306 g/mol. The smallest absolute Gasteiger partial charge is 0.409 e. The molecule has 120 valence electrons. The van der Waals surface area contributed by atoms with Crippen molar-refractivity contribution in [3.05, 3.63) is 30.1 Å². The lowest BCUT2D eigenvalue weighted by Gasteiger charge is -2.38. The number of hydrogen-bond donors (Lipinski definition) is 1. The predicted octanol–water partition coefficient (Wildman–Crippen LogP) is 2.44. The fourth-order valence-corrected chi connectivity index (χ4v) is 2.76. The molecule has 0 aromatic carbocycles. The monoisotopic (exact) mass is 306 g/mol. The molecule has 0 bridgehead atoms. The first-order chi connectivity index (χ1) is 10.6. The number of unbranched alkanes of at least 4 members (excludes halogenated alkanes) is 1. The molecule has 1 saturated heterocycles. The second-order valence-corrected chi connectivity index (χ2v) is 5.58. The van der Waals surface area contributed by atoms with Crippen molar-refractivity contribution in [2.45, 2.75) is 38.0 Å². The molecule has 1 N–H and O–H groups in total. The van der Waals surface area contributed by atoms with E-state index in [0.29, 0.717) is 32.5 Å². The van der Waals surface area contributed by atoms with E-state index in [2.05, 4.69) is 4.98 Å². The van der Waals surface area contributed by atoms with Crippen molar-refractivity contribution in [1.82, 2.24) is 9.88 Å². The molecule has 0 unspecified atom stereocenters. The van der Waals surface area contributed by atoms with Gasteiger partial charge >= 0.3 is 12.1 Å². The van der Waals surface area contributed by atoms with Gasteiger partial charge in [-0.1, -0.05) is 13.3 Å². The largest absolute Gasteiger partial charge is 0.481 e. The first-order valence-corrected chi connectivity index (χ1v) is 7.66. The number of amides is 1. The van der Waals surface area contributed by atoms with Crippen LogP contribution in [0.4, 0.5) is 4.79 Å². The fourth-order valence-electron chi connectivity index (χ4n) is 2.76. The average Bonchev–Trinajstić information content (AvgIpc) is 2.55. The summed E-state index contributed by atoms with van der Waals surface area (Å²) in [5.41, 5.74) is -0.197. The summed E-state index contributed by atoms with van der Waals surface area (Å²) in [5, 5.41) is 9.69. The Morgan fingerprint density at radius 2 is 1.95 bits per heavy atom. The van der Waals surface area contributed by atoms with Crippen molar-refractivity contribution in [2.75, 3.05) is 19.7 Å². The minimum Gasteiger partial charge on any atom is -0.481 e. The number of carboxylic acid groups (broad SMARTS) is 1. The second-order valence-electron chi connectivity index (χ2n) is 5.58. The van der Waals surface area contributed by atoms with Crippen LogP contribution >= 0.6 is 0 Å². The van der Waals surface area contributed by atoms with Crippen molar-refractivity contribution in [1.29, 1.82) is 0 Å². The van der Waals surface area contributed by atoms with Gasteiger partial charge in [-0.25, -0.2) is 4.79 Å². The summed E-state index contributed by atoms with van der Waals surface area (Å²) in [7, 11) is 0. The first kappa shape index (κ1) is 16.3. The molecular weight excluding hydrogens is 284 g/mol. The Bertz CT molecular complexity index is 510. The zero-order valence-electron chi connectivity index (χ0n) is 12.8. The molecule has 1 aromatic heterocycles. The number of ether oxygens (including phenoxy) is 1. The van der Waals surface area contributed by atoms with Crippen LogP contribution in [0.1, 0.15) is 38.2 Å². The van der Waals surface area contributed by atoms with Gasteiger partial charge in [0.05, 0.1) is 12.0 Å². The Hall–Kier alpha value is -2.11. The Labute approximate surface area is 130 Å². The van der Waals surface area contributed by atoms with E-state index in [4.69, 9.17) is 4.74 Å². The minimum absolute atomic E-state index is 0.345. The summed E-state index contributed by atoms with van der Waals surface area (Å²) < 4.78 is 5.19. The molecule has 6 heteroatoms. The normalized spacial score (nSPS) is 17.0. The van der Waals surface area contributed by atoms with Crippen LogP contribution in [0, 0.1) is 0 Å². The van der Waals surface area contributed by atoms with Crippen LogP contribution in [-0.4, -0.2) is 46.7 Å². The highest BCUT2D eigenvalue weighted by molar-refractivity contribution is 5.82. The highest BCUT2D eigenvalue weighted by Gasteiger charge is 2.44. The van der Waals surface area contributed by atoms with Crippen molar-refractivity contribution in [3.8, 4) is 0 Å². The second kappa shape index (κ2) is 7.24. The molecule has 1 fully saturated rings. The number of aliphatic carboxylic acids is 1. The molecule has 6 nitrogen and oxygen atoms in total. The lowest BCUT2D eigenvalue weighted by Crippen LogP contribution is -2.49. The summed E-state index contributed by atoms with van der Waals surface area (Å²) in [6.45, 7) is 3.23. The number of pyridine rings is 1. The van der Waals surface area contributed by atoms with Crippen LogP contribution in [0.25, 0.3) is 0 Å². The zero-order valence-corrected chi connectivity index (χ0v) is 12.8. The quantitative estimate of drug-likeness (QED) is 0.845. The number of carbonyl (C=O) groups is 2. The molecule has 22 heavy (non-hydrogen) atoms. The van der Waals surface area contributed by atoms with E-state index in [1.807, 2.05) is 6.92 Å². The number of hydrogen-bond acceptors (Lipinski definition) is 4. The number of carboxylic acids is 1. The number of likely N-dealkylation sites (tertiary alicyclic amines) is 1. The van der Waals surface area contributed by atoms with Gasteiger partial charge < -0.3 is 14.7 Å². The topological polar surface area (TPSA) is 79.7 Å². The van der Waals surface area contributed by atoms with Gasteiger partial charge in [-0.2, -0.15) is 0 Å². The van der Waals surface area contributed by atoms with E-state index in [0.717, 1.165) is 18.4 Å². The third kappa shape index (κ3) is 3.37. The number of aromatic nitrogens is 1. The summed E-state index contributed by atoms with van der Waals surface area (Å²) in [4.78, 5) is 29.3. The predicted molar refractivity (Wildman–Crippen MR) is 80.6 cm³/mol. The Morgan fingerprint density at radius 1 is 1.32 bits per heavy atom. The molecule has 0 saturated carbocycles. The molecule has 1 aliphatic rings. The van der Waals surface area contributed by atoms with Crippen molar-refractivity contribution in [3.63, 3.8) is 0 Å². The summed E-state index contributed by atoms with van der Waals surface area (Å²) >= 11 is 0. The van der Waals surface area contributed by atoms with Crippen LogP contribution in [0.2, 0.25) is 0 Å². The van der Waals surface area contributed by atoms with Crippen LogP contribution < -0.4 is 0 Å². The maximum atomic E-state index is 11.9. The molecule has 2 rings (SSSR count). The maximum Gasteiger partial charge on any atom is 0.409 e. The van der Waals surface area contributed by atoms with Crippen LogP contribution in [0.5, 0.6) is 0 Å². The van der Waals surface area contributed by atoms with Gasteiger partial charge in [0.15, 0.2) is 0 Å². The molecular formula is C16H22N2O4. The number of piperidine rings is 1. The van der Waals surface area contributed by atoms with Gasteiger partial charge in [0.2, 0.25) is 0 Å². The summed E-state index contributed by atoms with van der Waals surface area (Å²) in [6, 6.07) is 3.48. The van der Waals surface area contributed by atoms with E-state index in [1.165, 1.54) is 0 Å². The van der Waals surface area contributed by atoms with E-state index < -0.39 is 11.4 Å². The standard InChI is InChI=1S/C16H22N2O4/c1-2-3-12-22-15(21)18-10-6-16(7-11-18,14(19)20)13-4-8-17-9-5-13/h4-5,8-9H,2-3,6-7,10-12H2,1H3,(H,19,20). The van der Waals surface area contributed by atoms with Gasteiger partial charge in [0.25, 0.3) is 0 Å². The van der Waals surface area contributed by atoms with Crippen molar-refractivity contribution < 1.29 is 19.4 Å². The highest BCUT2D eigenvalue weighted by atomic mass is 16.6. The number of nitrogens with zero attached hydrogens (tertiary/aromatic N) is 2. The Kier molecular flexibility index (Phi) is 5.35. The minimum atomic E-state index is -0.941. The van der Waals surface area contributed by atoms with Crippen LogP contribution in [0.15, 0.2) is 24.5 Å². The zero-order chi connectivity index (χ0) is 16.0. The molecule has 1 aliphatic heterocycles. The van der Waals surface area contributed by atoms with E-state index in [1.54, 1.807) is 29.4 Å². The third-order valence-electron chi connectivity index (χ3n) is 4.24. The molecule has 0 aliphatic carbocycles. The van der Waals surface area contributed by atoms with Crippen LogP contribution in [-0.2, 0) is 14.9 Å². The molecule has 0 atom stereocenters. The molecule has 0 spiro atoms. The summed E-state index contributed by atoms with van der Waals surface area (Å²) in [6.07, 6.45) is 5.44. The van der Waals surface area contributed by atoms with Crippen LogP contribution in [0.3, 0.4) is 0 Å². The summed E-state index contributed by atoms with van der Waals surface area (Å²) in [5.74, 6) is -0.849.